The maximum atomic E-state index is 13.0. The first-order valence-electron chi connectivity index (χ1n) is 8.28. The number of hydrogen-bond acceptors (Lipinski definition) is 4. The predicted molar refractivity (Wildman–Crippen MR) is 97.5 cm³/mol. The lowest BCUT2D eigenvalue weighted by Crippen LogP contribution is -2.14. The average Bonchev–Trinajstić information content (AvgIpc) is 2.60. The predicted octanol–water partition coefficient (Wildman–Crippen LogP) is 4.40. The van der Waals surface area contributed by atoms with Crippen molar-refractivity contribution in [2.45, 2.75) is 33.1 Å². The van der Waals surface area contributed by atoms with Crippen LogP contribution in [0.4, 0.5) is 0 Å². The quantitative estimate of drug-likeness (QED) is 0.598. The van der Waals surface area contributed by atoms with E-state index < -0.39 is 5.97 Å². The Morgan fingerprint density at radius 2 is 1.56 bits per heavy atom. The van der Waals surface area contributed by atoms with Crippen LogP contribution in [0.3, 0.4) is 0 Å². The van der Waals surface area contributed by atoms with Crippen LogP contribution in [0.1, 0.15) is 59.5 Å². The standard InChI is InChI=1S/C21H24O4/c1-6-25-18-12-11-16(21(2,3)4)13-17(18)19(22)14-7-9-15(10-8-14)20(23)24-5/h7-13H,6H2,1-5H3. The van der Waals surface area contributed by atoms with E-state index in [1.165, 1.54) is 7.11 Å². The summed E-state index contributed by atoms with van der Waals surface area (Å²) in [7, 11) is 1.33. The molecule has 0 heterocycles. The highest BCUT2D eigenvalue weighted by Crippen LogP contribution is 2.29. The van der Waals surface area contributed by atoms with Gasteiger partial charge in [-0.1, -0.05) is 39.0 Å². The number of esters is 1. The fourth-order valence-electron chi connectivity index (χ4n) is 2.49. The largest absolute Gasteiger partial charge is 0.493 e. The number of methoxy groups -OCH3 is 1. The van der Waals surface area contributed by atoms with Gasteiger partial charge in [-0.05, 0) is 42.2 Å². The molecule has 0 atom stereocenters. The first kappa shape index (κ1) is 18.7. The van der Waals surface area contributed by atoms with E-state index in [1.54, 1.807) is 24.3 Å². The lowest BCUT2D eigenvalue weighted by atomic mass is 9.85. The summed E-state index contributed by atoms with van der Waals surface area (Å²) in [4.78, 5) is 24.5. The second kappa shape index (κ2) is 7.51. The van der Waals surface area contributed by atoms with Gasteiger partial charge in [0, 0.05) is 5.56 Å². The molecule has 4 heteroatoms. The lowest BCUT2D eigenvalue weighted by molar-refractivity contribution is 0.0600. The van der Waals surface area contributed by atoms with Gasteiger partial charge >= 0.3 is 5.97 Å². The summed E-state index contributed by atoms with van der Waals surface area (Å²) in [5.41, 5.74) is 2.42. The Hall–Kier alpha value is -2.62. The van der Waals surface area contributed by atoms with E-state index in [-0.39, 0.29) is 11.2 Å². The number of benzene rings is 2. The Balaban J connectivity index is 2.44. The van der Waals surface area contributed by atoms with Crippen LogP contribution in [-0.4, -0.2) is 25.5 Å². The van der Waals surface area contributed by atoms with Crippen molar-refractivity contribution in [1.82, 2.24) is 0 Å². The Kier molecular flexibility index (Phi) is 5.62. The first-order valence-corrected chi connectivity index (χ1v) is 8.28. The van der Waals surface area contributed by atoms with Crippen molar-refractivity contribution in [1.29, 1.82) is 0 Å². The fourth-order valence-corrected chi connectivity index (χ4v) is 2.49. The molecule has 0 aromatic heterocycles. The van der Waals surface area contributed by atoms with E-state index in [1.807, 2.05) is 25.1 Å². The Bertz CT molecular complexity index is 767. The summed E-state index contributed by atoms with van der Waals surface area (Å²) in [6.07, 6.45) is 0. The molecule has 0 spiro atoms. The molecule has 0 aliphatic carbocycles. The summed E-state index contributed by atoms with van der Waals surface area (Å²) in [5.74, 6) is 0.00671. The van der Waals surface area contributed by atoms with Crippen molar-refractivity contribution >= 4 is 11.8 Å². The maximum Gasteiger partial charge on any atom is 0.337 e. The van der Waals surface area contributed by atoms with Gasteiger partial charge in [0.05, 0.1) is 24.8 Å². The summed E-state index contributed by atoms with van der Waals surface area (Å²) in [5, 5.41) is 0. The number of carbonyl (C=O) groups excluding carboxylic acids is 2. The fraction of sp³-hybridized carbons (Fsp3) is 0.333. The van der Waals surface area contributed by atoms with Crippen molar-refractivity contribution in [2.75, 3.05) is 13.7 Å². The van der Waals surface area contributed by atoms with Crippen LogP contribution in [0.2, 0.25) is 0 Å². The number of ketones is 1. The van der Waals surface area contributed by atoms with Crippen molar-refractivity contribution in [3.05, 3.63) is 64.7 Å². The van der Waals surface area contributed by atoms with Crippen LogP contribution in [0.15, 0.2) is 42.5 Å². The van der Waals surface area contributed by atoms with E-state index in [0.717, 1.165) is 5.56 Å². The normalized spacial score (nSPS) is 11.1. The van der Waals surface area contributed by atoms with Gasteiger partial charge in [0.2, 0.25) is 0 Å². The third-order valence-corrected chi connectivity index (χ3v) is 3.96. The van der Waals surface area contributed by atoms with E-state index in [0.29, 0.717) is 29.0 Å². The van der Waals surface area contributed by atoms with Gasteiger partial charge < -0.3 is 9.47 Å². The van der Waals surface area contributed by atoms with Gasteiger partial charge in [-0.15, -0.1) is 0 Å². The monoisotopic (exact) mass is 340 g/mol. The second-order valence-electron chi connectivity index (χ2n) is 6.79. The van der Waals surface area contributed by atoms with Crippen molar-refractivity contribution < 1.29 is 19.1 Å². The third kappa shape index (κ3) is 4.27. The minimum absolute atomic E-state index is 0.0749. The molecule has 25 heavy (non-hydrogen) atoms. The molecule has 0 aliphatic rings. The summed E-state index contributed by atoms with van der Waals surface area (Å²) in [6, 6.07) is 12.2. The molecule has 0 bridgehead atoms. The Labute approximate surface area is 148 Å². The van der Waals surface area contributed by atoms with Crippen LogP contribution in [-0.2, 0) is 10.2 Å². The van der Waals surface area contributed by atoms with Gasteiger partial charge in [-0.3, -0.25) is 4.79 Å². The van der Waals surface area contributed by atoms with Gasteiger partial charge in [0.25, 0.3) is 0 Å². The van der Waals surface area contributed by atoms with Gasteiger partial charge in [0.1, 0.15) is 5.75 Å². The SMILES string of the molecule is CCOc1ccc(C(C)(C)C)cc1C(=O)c1ccc(C(=O)OC)cc1. The highest BCUT2D eigenvalue weighted by molar-refractivity contribution is 6.11. The molecule has 0 radical (unpaired) electrons. The molecular formula is C21H24O4. The third-order valence-electron chi connectivity index (χ3n) is 3.96. The smallest absolute Gasteiger partial charge is 0.337 e. The Morgan fingerprint density at radius 3 is 2.08 bits per heavy atom. The van der Waals surface area contributed by atoms with Crippen LogP contribution < -0.4 is 4.74 Å². The molecule has 0 fully saturated rings. The molecule has 0 N–H and O–H groups in total. The molecule has 4 nitrogen and oxygen atoms in total. The summed E-state index contributed by atoms with van der Waals surface area (Å²) in [6.45, 7) is 8.67. The topological polar surface area (TPSA) is 52.6 Å². The molecule has 0 aliphatic heterocycles. The van der Waals surface area contributed by atoms with Crippen LogP contribution in [0, 0.1) is 0 Å². The Morgan fingerprint density at radius 1 is 0.960 bits per heavy atom. The van der Waals surface area contributed by atoms with Crippen molar-refractivity contribution in [3.8, 4) is 5.75 Å². The number of rotatable bonds is 5. The number of ether oxygens (including phenoxy) is 2. The zero-order valence-electron chi connectivity index (χ0n) is 15.4. The molecule has 0 amide bonds. The van der Waals surface area contributed by atoms with E-state index >= 15 is 0 Å². The second-order valence-corrected chi connectivity index (χ2v) is 6.79. The van der Waals surface area contributed by atoms with Gasteiger partial charge in [0.15, 0.2) is 5.78 Å². The first-order chi connectivity index (χ1) is 11.8. The summed E-state index contributed by atoms with van der Waals surface area (Å²) < 4.78 is 10.3. The van der Waals surface area contributed by atoms with Crippen molar-refractivity contribution in [3.63, 3.8) is 0 Å². The van der Waals surface area contributed by atoms with E-state index in [4.69, 9.17) is 4.74 Å². The van der Waals surface area contributed by atoms with Crippen LogP contribution >= 0.6 is 0 Å². The van der Waals surface area contributed by atoms with Gasteiger partial charge in [-0.2, -0.15) is 0 Å². The molecule has 0 saturated carbocycles. The highest BCUT2D eigenvalue weighted by atomic mass is 16.5. The average molecular weight is 340 g/mol. The molecule has 132 valence electrons. The molecule has 2 rings (SSSR count). The number of carbonyl (C=O) groups is 2. The zero-order valence-corrected chi connectivity index (χ0v) is 15.4. The molecular weight excluding hydrogens is 316 g/mol. The maximum absolute atomic E-state index is 13.0. The van der Waals surface area contributed by atoms with Crippen LogP contribution in [0.5, 0.6) is 5.75 Å². The number of hydrogen-bond donors (Lipinski definition) is 0. The highest BCUT2D eigenvalue weighted by Gasteiger charge is 2.20. The van der Waals surface area contributed by atoms with Crippen molar-refractivity contribution in [2.24, 2.45) is 0 Å². The molecule has 2 aromatic carbocycles. The van der Waals surface area contributed by atoms with E-state index in [2.05, 4.69) is 25.5 Å². The zero-order chi connectivity index (χ0) is 18.6. The molecule has 0 unspecified atom stereocenters. The van der Waals surface area contributed by atoms with E-state index in [9.17, 15) is 9.59 Å². The lowest BCUT2D eigenvalue weighted by Gasteiger charge is -2.21. The molecule has 0 saturated heterocycles. The molecule has 2 aromatic rings. The summed E-state index contributed by atoms with van der Waals surface area (Å²) >= 11 is 0. The minimum Gasteiger partial charge on any atom is -0.493 e. The van der Waals surface area contributed by atoms with Crippen LogP contribution in [0.25, 0.3) is 0 Å². The van der Waals surface area contributed by atoms with Gasteiger partial charge in [-0.25, -0.2) is 4.79 Å². The minimum atomic E-state index is -0.427.